The minimum atomic E-state index is -4.49. The Balaban J connectivity index is 1.19. The molecular weight excluding hydrogens is 773 g/mol. The van der Waals surface area contributed by atoms with E-state index in [1.54, 1.807) is 10.7 Å². The summed E-state index contributed by atoms with van der Waals surface area (Å²) < 4.78 is 42.8. The highest BCUT2D eigenvalue weighted by molar-refractivity contribution is 7.90. The fourth-order valence-electron chi connectivity index (χ4n) is 8.02. The van der Waals surface area contributed by atoms with Crippen molar-refractivity contribution < 1.29 is 27.2 Å². The lowest BCUT2D eigenvalue weighted by atomic mass is 9.85. The first-order chi connectivity index (χ1) is 26.5. The van der Waals surface area contributed by atoms with E-state index in [9.17, 15) is 18.0 Å². The highest BCUT2D eigenvalue weighted by Crippen LogP contribution is 2.45. The Morgan fingerprint density at radius 3 is 2.32 bits per heavy atom. The van der Waals surface area contributed by atoms with Crippen LogP contribution in [0.1, 0.15) is 96.6 Å². The number of carbonyl (C=O) groups is 2. The second-order valence-corrected chi connectivity index (χ2v) is 17.8. The van der Waals surface area contributed by atoms with Gasteiger partial charge in [-0.15, -0.1) is 0 Å². The number of benzene rings is 2. The van der Waals surface area contributed by atoms with Gasteiger partial charge >= 0.3 is 0 Å². The van der Waals surface area contributed by atoms with Crippen LogP contribution in [0.25, 0.3) is 16.7 Å². The van der Waals surface area contributed by atoms with E-state index in [2.05, 4.69) is 34.3 Å². The molecule has 1 fully saturated rings. The molecule has 0 saturated heterocycles. The zero-order chi connectivity index (χ0) is 40.5. The van der Waals surface area contributed by atoms with Gasteiger partial charge in [-0.05, 0) is 130 Å². The summed E-state index contributed by atoms with van der Waals surface area (Å²) >= 11 is 13.2. The van der Waals surface area contributed by atoms with Crippen LogP contribution >= 0.6 is 23.2 Å². The number of nitrogens with one attached hydrogen (secondary N) is 3. The van der Waals surface area contributed by atoms with Gasteiger partial charge in [0.15, 0.2) is 5.76 Å². The van der Waals surface area contributed by atoms with E-state index in [1.165, 1.54) is 12.1 Å². The Labute approximate surface area is 339 Å². The van der Waals surface area contributed by atoms with Gasteiger partial charge in [0.2, 0.25) is 5.09 Å². The summed E-state index contributed by atoms with van der Waals surface area (Å²) in [5.74, 6) is -0.410. The molecule has 0 radical (unpaired) electrons. The second-order valence-electron chi connectivity index (χ2n) is 15.4. The third-order valence-electron chi connectivity index (χ3n) is 10.9. The zero-order valence-electron chi connectivity index (χ0n) is 33.1. The van der Waals surface area contributed by atoms with E-state index in [0.717, 1.165) is 70.5 Å². The summed E-state index contributed by atoms with van der Waals surface area (Å²) in [6, 6.07) is 10.9. The topological polar surface area (TPSA) is 145 Å². The van der Waals surface area contributed by atoms with Crippen LogP contribution in [0.2, 0.25) is 10.0 Å². The summed E-state index contributed by atoms with van der Waals surface area (Å²) in [5, 5.41) is 11.7. The number of allylic oxidation sites excluding steroid dienone is 1. The SMILES string of the molecule is Cc1cc(OCCCC2=C(C(=O)NS(=O)(=O)c3ccc(C(=O)NCC4CCC(NC(C)C)CC4)o3)Cc3c2ccc(Cl)c3-c2c(C)nn(C)c2C)cc(C)c1Cl. The van der Waals surface area contributed by atoms with Crippen LogP contribution in [-0.2, 0) is 28.3 Å². The van der Waals surface area contributed by atoms with Crippen molar-refractivity contribution in [2.45, 2.75) is 104 Å². The molecule has 2 aliphatic rings. The molecule has 2 aliphatic carbocycles. The van der Waals surface area contributed by atoms with Gasteiger partial charge in [-0.2, -0.15) is 13.5 Å². The number of fused-ring (bicyclic) bond motifs is 1. The Hall–Kier alpha value is -4.10. The minimum Gasteiger partial charge on any atom is -0.494 e. The highest BCUT2D eigenvalue weighted by Gasteiger charge is 2.34. The maximum atomic E-state index is 14.1. The molecular formula is C42H51Cl2N5O6S. The molecule has 4 aromatic rings. The molecule has 0 bridgehead atoms. The van der Waals surface area contributed by atoms with Crippen LogP contribution in [-0.4, -0.2) is 55.2 Å². The molecule has 14 heteroatoms. The van der Waals surface area contributed by atoms with E-state index in [0.29, 0.717) is 70.9 Å². The first-order valence-electron chi connectivity index (χ1n) is 19.2. The quantitative estimate of drug-likeness (QED) is 0.108. The summed E-state index contributed by atoms with van der Waals surface area (Å²) in [6.45, 7) is 12.8. The van der Waals surface area contributed by atoms with Crippen LogP contribution in [0.4, 0.5) is 0 Å². The number of hydrogen-bond donors (Lipinski definition) is 3. The van der Waals surface area contributed by atoms with Crippen molar-refractivity contribution in [1.82, 2.24) is 25.1 Å². The molecule has 300 valence electrons. The lowest BCUT2D eigenvalue weighted by molar-refractivity contribution is -0.115. The van der Waals surface area contributed by atoms with E-state index < -0.39 is 26.9 Å². The molecule has 2 heterocycles. The molecule has 3 N–H and O–H groups in total. The van der Waals surface area contributed by atoms with E-state index in [4.69, 9.17) is 32.4 Å². The number of halogens is 2. The lowest BCUT2D eigenvalue weighted by Crippen LogP contribution is -2.39. The summed E-state index contributed by atoms with van der Waals surface area (Å²) in [7, 11) is -2.63. The predicted molar refractivity (Wildman–Crippen MR) is 220 cm³/mol. The van der Waals surface area contributed by atoms with Gasteiger partial charge in [-0.25, -0.2) is 4.72 Å². The van der Waals surface area contributed by atoms with Crippen molar-refractivity contribution in [2.75, 3.05) is 13.2 Å². The summed E-state index contributed by atoms with van der Waals surface area (Å²) in [4.78, 5) is 27.1. The number of amides is 2. The van der Waals surface area contributed by atoms with Crippen molar-refractivity contribution in [3.63, 3.8) is 0 Å². The molecule has 56 heavy (non-hydrogen) atoms. The molecule has 2 aromatic heterocycles. The average Bonchev–Trinajstić information content (AvgIpc) is 3.85. The highest BCUT2D eigenvalue weighted by atomic mass is 35.5. The Kier molecular flexibility index (Phi) is 12.7. The van der Waals surface area contributed by atoms with E-state index in [1.807, 2.05) is 52.9 Å². The summed E-state index contributed by atoms with van der Waals surface area (Å²) in [5.41, 5.74) is 7.79. The fourth-order valence-corrected chi connectivity index (χ4v) is 9.31. The number of aromatic nitrogens is 2. The van der Waals surface area contributed by atoms with Crippen LogP contribution in [0.15, 0.2) is 51.5 Å². The normalized spacial score (nSPS) is 17.0. The monoisotopic (exact) mass is 823 g/mol. The average molecular weight is 825 g/mol. The third kappa shape index (κ3) is 9.04. The number of carbonyl (C=O) groups excluding carboxylic acids is 2. The van der Waals surface area contributed by atoms with Gasteiger partial charge in [0.05, 0.1) is 12.3 Å². The van der Waals surface area contributed by atoms with Gasteiger partial charge in [0, 0.05) is 64.5 Å². The van der Waals surface area contributed by atoms with Crippen LogP contribution in [0, 0.1) is 33.6 Å². The molecule has 0 atom stereocenters. The Bertz CT molecular complexity index is 2260. The molecule has 0 spiro atoms. The minimum absolute atomic E-state index is 0.145. The van der Waals surface area contributed by atoms with Gasteiger partial charge in [0.1, 0.15) is 5.75 Å². The fraction of sp³-hybridized carbons (Fsp3) is 0.452. The van der Waals surface area contributed by atoms with Gasteiger partial charge in [-0.3, -0.25) is 14.3 Å². The van der Waals surface area contributed by atoms with Gasteiger partial charge in [-0.1, -0.05) is 43.1 Å². The number of ether oxygens (including phenoxy) is 1. The smallest absolute Gasteiger partial charge is 0.297 e. The maximum absolute atomic E-state index is 14.1. The molecule has 2 aromatic carbocycles. The number of hydrogen-bond acceptors (Lipinski definition) is 8. The second kappa shape index (κ2) is 17.2. The summed E-state index contributed by atoms with van der Waals surface area (Å²) in [6.07, 6.45) is 5.16. The van der Waals surface area contributed by atoms with Crippen LogP contribution in [0.5, 0.6) is 5.75 Å². The predicted octanol–water partition coefficient (Wildman–Crippen LogP) is 8.18. The van der Waals surface area contributed by atoms with E-state index in [-0.39, 0.29) is 12.2 Å². The van der Waals surface area contributed by atoms with Crippen LogP contribution in [0.3, 0.4) is 0 Å². The molecule has 2 amide bonds. The van der Waals surface area contributed by atoms with Crippen LogP contribution < -0.4 is 20.1 Å². The standard InChI is InChI=1S/C42H51Cl2N5O6S/c1-23(2)46-29-12-10-28(11-13-29)22-45-42(51)36-16-17-37(55-36)56(52,53)48-41(50)34-21-33-32(14-15-35(43)39(33)38-26(5)47-49(7)27(38)6)31(34)9-8-18-54-30-19-24(3)40(44)25(4)20-30/h14-17,19-20,23,28-29,46H,8-13,18,21-22H2,1-7H3,(H,45,51)(H,48,50). The molecule has 11 nitrogen and oxygen atoms in total. The molecule has 0 aliphatic heterocycles. The Morgan fingerprint density at radius 2 is 1.68 bits per heavy atom. The Morgan fingerprint density at radius 1 is 0.982 bits per heavy atom. The number of furan rings is 1. The maximum Gasteiger partial charge on any atom is 0.297 e. The van der Waals surface area contributed by atoms with Gasteiger partial charge in [0.25, 0.3) is 21.8 Å². The number of rotatable bonds is 14. The number of nitrogens with zero attached hydrogens (tertiary/aromatic N) is 2. The van der Waals surface area contributed by atoms with Crippen molar-refractivity contribution in [3.05, 3.63) is 91.4 Å². The lowest BCUT2D eigenvalue weighted by Gasteiger charge is -2.30. The number of aryl methyl sites for hydroxylation is 4. The molecule has 1 saturated carbocycles. The van der Waals surface area contributed by atoms with Crippen molar-refractivity contribution >= 4 is 50.6 Å². The first kappa shape index (κ1) is 41.5. The van der Waals surface area contributed by atoms with Crippen molar-refractivity contribution in [1.29, 1.82) is 0 Å². The number of sulfonamides is 1. The van der Waals surface area contributed by atoms with Crippen molar-refractivity contribution in [2.24, 2.45) is 13.0 Å². The zero-order valence-corrected chi connectivity index (χ0v) is 35.4. The van der Waals surface area contributed by atoms with Gasteiger partial charge < -0.3 is 19.8 Å². The van der Waals surface area contributed by atoms with Crippen molar-refractivity contribution in [3.8, 4) is 16.9 Å². The van der Waals surface area contributed by atoms with E-state index >= 15 is 0 Å². The third-order valence-corrected chi connectivity index (χ3v) is 13.0. The largest absolute Gasteiger partial charge is 0.494 e. The first-order valence-corrected chi connectivity index (χ1v) is 21.4. The molecule has 6 rings (SSSR count). The molecule has 0 unspecified atom stereocenters.